The first kappa shape index (κ1) is 12.5. The quantitative estimate of drug-likeness (QED) is 0.727. The number of aromatic amines is 1. The van der Waals surface area contributed by atoms with Crippen LogP contribution in [0, 0.1) is 0 Å². The van der Waals surface area contributed by atoms with Gasteiger partial charge in [-0.15, -0.1) is 0 Å². The van der Waals surface area contributed by atoms with Gasteiger partial charge in [0.1, 0.15) is 0 Å². The molecule has 20 heavy (non-hydrogen) atoms. The Labute approximate surface area is 117 Å². The van der Waals surface area contributed by atoms with Crippen molar-refractivity contribution in [2.75, 3.05) is 6.61 Å². The minimum Gasteiger partial charge on any atom is -0.462 e. The van der Waals surface area contributed by atoms with Crippen LogP contribution >= 0.6 is 0 Å². The fraction of sp³-hybridized carbons (Fsp3) is 0.118. The van der Waals surface area contributed by atoms with Gasteiger partial charge in [0, 0.05) is 16.6 Å². The number of rotatable bonds is 3. The summed E-state index contributed by atoms with van der Waals surface area (Å²) < 4.78 is 5.03. The van der Waals surface area contributed by atoms with Crippen LogP contribution in [-0.2, 0) is 4.74 Å². The van der Waals surface area contributed by atoms with Gasteiger partial charge in [-0.3, -0.25) is 0 Å². The van der Waals surface area contributed by atoms with Gasteiger partial charge in [0.25, 0.3) is 0 Å². The SMILES string of the molecule is CCOC(=O)c1cccc(-c2cc3ccccc3[nH]2)c1. The summed E-state index contributed by atoms with van der Waals surface area (Å²) in [6, 6.07) is 17.7. The lowest BCUT2D eigenvalue weighted by atomic mass is 10.1. The Balaban J connectivity index is 2.01. The first-order valence-corrected chi connectivity index (χ1v) is 6.63. The van der Waals surface area contributed by atoms with E-state index in [4.69, 9.17) is 4.74 Å². The fourth-order valence-corrected chi connectivity index (χ4v) is 2.26. The highest BCUT2D eigenvalue weighted by molar-refractivity contribution is 5.92. The summed E-state index contributed by atoms with van der Waals surface area (Å²) in [4.78, 5) is 15.1. The summed E-state index contributed by atoms with van der Waals surface area (Å²) in [5, 5.41) is 1.16. The van der Waals surface area contributed by atoms with Crippen LogP contribution in [0.4, 0.5) is 0 Å². The number of nitrogens with one attached hydrogen (secondary N) is 1. The third kappa shape index (κ3) is 2.30. The highest BCUT2D eigenvalue weighted by atomic mass is 16.5. The second-order valence-electron chi connectivity index (χ2n) is 4.57. The number of carbonyl (C=O) groups is 1. The molecule has 1 N–H and O–H groups in total. The van der Waals surface area contributed by atoms with Crippen LogP contribution in [0.5, 0.6) is 0 Å². The van der Waals surface area contributed by atoms with Crippen LogP contribution < -0.4 is 0 Å². The molecule has 1 heterocycles. The lowest BCUT2D eigenvalue weighted by Crippen LogP contribution is -2.04. The number of hydrogen-bond donors (Lipinski definition) is 1. The summed E-state index contributed by atoms with van der Waals surface area (Å²) in [6.45, 7) is 2.19. The summed E-state index contributed by atoms with van der Waals surface area (Å²) >= 11 is 0. The lowest BCUT2D eigenvalue weighted by molar-refractivity contribution is 0.0526. The smallest absolute Gasteiger partial charge is 0.338 e. The molecule has 0 saturated carbocycles. The summed E-state index contributed by atoms with van der Waals surface area (Å²) in [5.41, 5.74) is 3.64. The molecule has 0 aliphatic rings. The van der Waals surface area contributed by atoms with Crippen LogP contribution in [-0.4, -0.2) is 17.6 Å². The summed E-state index contributed by atoms with van der Waals surface area (Å²) in [5.74, 6) is -0.287. The largest absolute Gasteiger partial charge is 0.462 e. The van der Waals surface area contributed by atoms with E-state index in [-0.39, 0.29) is 5.97 Å². The molecule has 3 heteroatoms. The maximum Gasteiger partial charge on any atom is 0.338 e. The molecular weight excluding hydrogens is 250 g/mol. The van der Waals surface area contributed by atoms with Crippen molar-refractivity contribution in [3.63, 3.8) is 0 Å². The molecule has 0 fully saturated rings. The standard InChI is InChI=1S/C17H15NO2/c1-2-20-17(19)14-8-5-7-12(10-14)16-11-13-6-3-4-9-15(13)18-16/h3-11,18H,2H2,1H3. The minimum absolute atomic E-state index is 0.287. The molecule has 0 saturated heterocycles. The third-order valence-electron chi connectivity index (χ3n) is 3.21. The molecule has 3 rings (SSSR count). The fourth-order valence-electron chi connectivity index (χ4n) is 2.26. The van der Waals surface area contributed by atoms with E-state index in [2.05, 4.69) is 17.1 Å². The van der Waals surface area contributed by atoms with Crippen molar-refractivity contribution in [2.24, 2.45) is 0 Å². The van der Waals surface area contributed by atoms with Crippen molar-refractivity contribution in [3.8, 4) is 11.3 Å². The molecule has 2 aromatic carbocycles. The summed E-state index contributed by atoms with van der Waals surface area (Å²) in [6.07, 6.45) is 0. The second-order valence-corrected chi connectivity index (χ2v) is 4.57. The van der Waals surface area contributed by atoms with E-state index in [9.17, 15) is 4.79 Å². The Morgan fingerprint density at radius 2 is 1.95 bits per heavy atom. The topological polar surface area (TPSA) is 42.1 Å². The summed E-state index contributed by atoms with van der Waals surface area (Å²) in [7, 11) is 0. The van der Waals surface area contributed by atoms with E-state index < -0.39 is 0 Å². The Bertz CT molecular complexity index is 725. The van der Waals surface area contributed by atoms with Crippen molar-refractivity contribution >= 4 is 16.9 Å². The van der Waals surface area contributed by atoms with Gasteiger partial charge in [0.2, 0.25) is 0 Å². The number of benzene rings is 2. The van der Waals surface area contributed by atoms with Gasteiger partial charge >= 0.3 is 5.97 Å². The predicted octanol–water partition coefficient (Wildman–Crippen LogP) is 4.01. The lowest BCUT2D eigenvalue weighted by Gasteiger charge is -2.03. The third-order valence-corrected chi connectivity index (χ3v) is 3.21. The highest BCUT2D eigenvalue weighted by Crippen LogP contribution is 2.24. The van der Waals surface area contributed by atoms with E-state index in [1.807, 2.05) is 36.4 Å². The molecular formula is C17H15NO2. The van der Waals surface area contributed by atoms with Crippen molar-refractivity contribution in [1.82, 2.24) is 4.98 Å². The number of para-hydroxylation sites is 1. The van der Waals surface area contributed by atoms with E-state index in [1.165, 1.54) is 0 Å². The number of esters is 1. The van der Waals surface area contributed by atoms with Gasteiger partial charge in [0.05, 0.1) is 12.2 Å². The Hall–Kier alpha value is -2.55. The second kappa shape index (κ2) is 5.21. The molecule has 3 nitrogen and oxygen atoms in total. The van der Waals surface area contributed by atoms with Crippen molar-refractivity contribution in [2.45, 2.75) is 6.92 Å². The van der Waals surface area contributed by atoms with Gasteiger partial charge in [-0.2, -0.15) is 0 Å². The normalized spacial score (nSPS) is 10.7. The molecule has 100 valence electrons. The average molecular weight is 265 g/mol. The molecule has 1 aromatic heterocycles. The number of aromatic nitrogens is 1. The maximum atomic E-state index is 11.8. The van der Waals surface area contributed by atoms with Crippen LogP contribution in [0.3, 0.4) is 0 Å². The van der Waals surface area contributed by atoms with Gasteiger partial charge < -0.3 is 9.72 Å². The molecule has 0 atom stereocenters. The van der Waals surface area contributed by atoms with Crippen molar-refractivity contribution in [1.29, 1.82) is 0 Å². The van der Waals surface area contributed by atoms with Crippen LogP contribution in [0.25, 0.3) is 22.2 Å². The molecule has 0 unspecified atom stereocenters. The Morgan fingerprint density at radius 1 is 1.10 bits per heavy atom. The van der Waals surface area contributed by atoms with E-state index >= 15 is 0 Å². The first-order valence-electron chi connectivity index (χ1n) is 6.63. The molecule has 0 bridgehead atoms. The molecule has 0 radical (unpaired) electrons. The Morgan fingerprint density at radius 3 is 2.75 bits per heavy atom. The van der Waals surface area contributed by atoms with E-state index in [1.54, 1.807) is 13.0 Å². The zero-order valence-electron chi connectivity index (χ0n) is 11.2. The van der Waals surface area contributed by atoms with Crippen LogP contribution in [0.15, 0.2) is 54.6 Å². The highest BCUT2D eigenvalue weighted by Gasteiger charge is 2.09. The predicted molar refractivity (Wildman–Crippen MR) is 79.7 cm³/mol. The monoisotopic (exact) mass is 265 g/mol. The van der Waals surface area contributed by atoms with Gasteiger partial charge in [0.15, 0.2) is 0 Å². The number of hydrogen-bond acceptors (Lipinski definition) is 2. The Kier molecular flexibility index (Phi) is 3.25. The maximum absolute atomic E-state index is 11.8. The van der Waals surface area contributed by atoms with Gasteiger partial charge in [-0.25, -0.2) is 4.79 Å². The zero-order valence-corrected chi connectivity index (χ0v) is 11.2. The zero-order chi connectivity index (χ0) is 13.9. The van der Waals surface area contributed by atoms with Gasteiger partial charge in [-0.05, 0) is 36.8 Å². The molecule has 0 aliphatic carbocycles. The number of fused-ring (bicyclic) bond motifs is 1. The van der Waals surface area contributed by atoms with Crippen molar-refractivity contribution in [3.05, 3.63) is 60.2 Å². The van der Waals surface area contributed by atoms with E-state index in [0.717, 1.165) is 22.2 Å². The van der Waals surface area contributed by atoms with Gasteiger partial charge in [-0.1, -0.05) is 30.3 Å². The van der Waals surface area contributed by atoms with Crippen LogP contribution in [0.2, 0.25) is 0 Å². The molecule has 0 amide bonds. The van der Waals surface area contributed by atoms with Crippen molar-refractivity contribution < 1.29 is 9.53 Å². The number of carbonyl (C=O) groups excluding carboxylic acids is 1. The number of ether oxygens (including phenoxy) is 1. The first-order chi connectivity index (χ1) is 9.78. The minimum atomic E-state index is -0.287. The number of H-pyrrole nitrogens is 1. The average Bonchev–Trinajstić information content (AvgIpc) is 2.91. The van der Waals surface area contributed by atoms with Crippen LogP contribution in [0.1, 0.15) is 17.3 Å². The molecule has 0 aliphatic heterocycles. The van der Waals surface area contributed by atoms with E-state index in [0.29, 0.717) is 12.2 Å². The molecule has 3 aromatic rings. The molecule has 0 spiro atoms.